The quantitative estimate of drug-likeness (QED) is 0.691. The maximum absolute atomic E-state index is 5.09. The minimum absolute atomic E-state index is 0.358. The fourth-order valence-electron chi connectivity index (χ4n) is 2.49. The molecule has 1 aromatic rings. The molecule has 0 amide bonds. The third-order valence-corrected chi connectivity index (χ3v) is 3.96. The number of aryl methyl sites for hydroxylation is 1. The Hall–Kier alpha value is -0.860. The van der Waals surface area contributed by atoms with Crippen molar-refractivity contribution < 1.29 is 4.74 Å². The Bertz CT molecular complexity index is 342. The van der Waals surface area contributed by atoms with Crippen LogP contribution in [0.2, 0.25) is 0 Å². The maximum Gasteiger partial charge on any atom is 0.0587 e. The van der Waals surface area contributed by atoms with Crippen molar-refractivity contribution in [2.24, 2.45) is 11.3 Å². The lowest BCUT2D eigenvalue weighted by molar-refractivity contribution is 0.182. The normalized spacial score (nSPS) is 13.4. The Labute approximate surface area is 124 Å². The van der Waals surface area contributed by atoms with Crippen LogP contribution >= 0.6 is 0 Å². The second-order valence-corrected chi connectivity index (χ2v) is 6.64. The first-order chi connectivity index (χ1) is 9.54. The minimum Gasteiger partial charge on any atom is -0.383 e. The molecule has 0 saturated heterocycles. The zero-order chi connectivity index (χ0) is 14.8. The molecule has 0 spiro atoms. The van der Waals surface area contributed by atoms with Crippen molar-refractivity contribution in [2.45, 2.75) is 40.0 Å². The van der Waals surface area contributed by atoms with E-state index in [1.165, 1.54) is 24.8 Å². The first-order valence-electron chi connectivity index (χ1n) is 7.77. The third-order valence-electron chi connectivity index (χ3n) is 3.96. The van der Waals surface area contributed by atoms with Crippen molar-refractivity contribution in [3.05, 3.63) is 35.9 Å². The molecule has 2 nitrogen and oxygen atoms in total. The molecule has 1 atom stereocenters. The number of benzene rings is 1. The molecular weight excluding hydrogens is 246 g/mol. The van der Waals surface area contributed by atoms with E-state index in [-0.39, 0.29) is 0 Å². The Balaban J connectivity index is 2.33. The van der Waals surface area contributed by atoms with Crippen LogP contribution in [0.1, 0.15) is 39.2 Å². The number of hydrogen-bond donors (Lipinski definition) is 1. The van der Waals surface area contributed by atoms with Gasteiger partial charge < -0.3 is 10.1 Å². The van der Waals surface area contributed by atoms with Gasteiger partial charge in [0.05, 0.1) is 6.61 Å². The van der Waals surface area contributed by atoms with Crippen molar-refractivity contribution in [3.8, 4) is 0 Å². The fraction of sp³-hybridized carbons (Fsp3) is 0.667. The van der Waals surface area contributed by atoms with Crippen LogP contribution in [-0.4, -0.2) is 26.8 Å². The predicted octanol–water partition coefficient (Wildman–Crippen LogP) is 3.91. The van der Waals surface area contributed by atoms with Crippen LogP contribution in [0.25, 0.3) is 0 Å². The van der Waals surface area contributed by atoms with Crippen LogP contribution in [0.4, 0.5) is 0 Å². The molecule has 0 bridgehead atoms. The summed E-state index contributed by atoms with van der Waals surface area (Å²) in [7, 11) is 1.75. The highest BCUT2D eigenvalue weighted by Crippen LogP contribution is 2.29. The number of nitrogens with one attached hydrogen (secondary N) is 1. The average molecular weight is 277 g/mol. The molecule has 1 rings (SSSR count). The molecule has 1 N–H and O–H groups in total. The van der Waals surface area contributed by atoms with Gasteiger partial charge in [0.25, 0.3) is 0 Å². The zero-order valence-electron chi connectivity index (χ0n) is 13.6. The Morgan fingerprint density at radius 1 is 1.15 bits per heavy atom. The molecule has 114 valence electrons. The van der Waals surface area contributed by atoms with Crippen LogP contribution in [0.3, 0.4) is 0 Å². The SMILES string of the molecule is COCCNCC(CCCc1ccccc1)C(C)(C)C. The van der Waals surface area contributed by atoms with Gasteiger partial charge >= 0.3 is 0 Å². The summed E-state index contributed by atoms with van der Waals surface area (Å²) in [4.78, 5) is 0. The van der Waals surface area contributed by atoms with Crippen LogP contribution in [0.15, 0.2) is 30.3 Å². The van der Waals surface area contributed by atoms with Crippen molar-refractivity contribution in [2.75, 3.05) is 26.8 Å². The summed E-state index contributed by atoms with van der Waals surface area (Å²) in [6.07, 6.45) is 3.72. The van der Waals surface area contributed by atoms with Crippen molar-refractivity contribution in [3.63, 3.8) is 0 Å². The summed E-state index contributed by atoms with van der Waals surface area (Å²) in [5.74, 6) is 0.711. The highest BCUT2D eigenvalue weighted by Gasteiger charge is 2.23. The van der Waals surface area contributed by atoms with Gasteiger partial charge in [-0.25, -0.2) is 0 Å². The summed E-state index contributed by atoms with van der Waals surface area (Å²) in [5, 5.41) is 3.52. The number of methoxy groups -OCH3 is 1. The molecule has 1 unspecified atom stereocenters. The van der Waals surface area contributed by atoms with Crippen LogP contribution in [0.5, 0.6) is 0 Å². The molecule has 0 aliphatic carbocycles. The largest absolute Gasteiger partial charge is 0.383 e. The van der Waals surface area contributed by atoms with Crippen LogP contribution in [0, 0.1) is 11.3 Å². The molecule has 0 heterocycles. The predicted molar refractivity (Wildman–Crippen MR) is 87.1 cm³/mol. The lowest BCUT2D eigenvalue weighted by atomic mass is 9.77. The Kier molecular flexibility index (Phi) is 7.86. The van der Waals surface area contributed by atoms with E-state index in [1.807, 2.05) is 0 Å². The first kappa shape index (κ1) is 17.2. The van der Waals surface area contributed by atoms with E-state index >= 15 is 0 Å². The van der Waals surface area contributed by atoms with Gasteiger partial charge in [-0.1, -0.05) is 51.1 Å². The molecule has 0 radical (unpaired) electrons. The molecule has 2 heteroatoms. The van der Waals surface area contributed by atoms with E-state index in [1.54, 1.807) is 7.11 Å². The van der Waals surface area contributed by atoms with Crippen molar-refractivity contribution in [1.29, 1.82) is 0 Å². The van der Waals surface area contributed by atoms with E-state index in [9.17, 15) is 0 Å². The standard InChI is InChI=1S/C18H31NO/c1-18(2,3)17(15-19-13-14-20-4)12-8-11-16-9-6-5-7-10-16/h5-7,9-10,17,19H,8,11-15H2,1-4H3. The maximum atomic E-state index is 5.09. The highest BCUT2D eigenvalue weighted by atomic mass is 16.5. The lowest BCUT2D eigenvalue weighted by Crippen LogP contribution is -2.33. The van der Waals surface area contributed by atoms with Gasteiger partial charge in [0, 0.05) is 13.7 Å². The molecule has 0 fully saturated rings. The van der Waals surface area contributed by atoms with E-state index in [0.717, 1.165) is 19.7 Å². The van der Waals surface area contributed by atoms with E-state index < -0.39 is 0 Å². The summed E-state index contributed by atoms with van der Waals surface area (Å²) in [6.45, 7) is 9.86. The summed E-state index contributed by atoms with van der Waals surface area (Å²) in [6, 6.07) is 10.8. The number of hydrogen-bond acceptors (Lipinski definition) is 2. The van der Waals surface area contributed by atoms with Crippen molar-refractivity contribution >= 4 is 0 Å². The molecule has 0 aromatic heterocycles. The monoisotopic (exact) mass is 277 g/mol. The van der Waals surface area contributed by atoms with E-state index in [0.29, 0.717) is 11.3 Å². The van der Waals surface area contributed by atoms with Gasteiger partial charge in [-0.15, -0.1) is 0 Å². The van der Waals surface area contributed by atoms with Crippen molar-refractivity contribution in [1.82, 2.24) is 5.32 Å². The van der Waals surface area contributed by atoms with E-state index in [2.05, 4.69) is 56.4 Å². The highest BCUT2D eigenvalue weighted by molar-refractivity contribution is 5.14. The average Bonchev–Trinajstić information content (AvgIpc) is 2.41. The molecule has 20 heavy (non-hydrogen) atoms. The lowest BCUT2D eigenvalue weighted by Gasteiger charge is -2.31. The van der Waals surface area contributed by atoms with Gasteiger partial charge in [0.2, 0.25) is 0 Å². The minimum atomic E-state index is 0.358. The summed E-state index contributed by atoms with van der Waals surface area (Å²) in [5.41, 5.74) is 1.81. The molecular formula is C18H31NO. The zero-order valence-corrected chi connectivity index (χ0v) is 13.6. The van der Waals surface area contributed by atoms with Gasteiger partial charge in [-0.05, 0) is 42.7 Å². The summed E-state index contributed by atoms with van der Waals surface area (Å²) >= 11 is 0. The first-order valence-corrected chi connectivity index (χ1v) is 7.77. The second-order valence-electron chi connectivity index (χ2n) is 6.64. The summed E-state index contributed by atoms with van der Waals surface area (Å²) < 4.78 is 5.09. The second kappa shape index (κ2) is 9.15. The molecule has 0 aliphatic heterocycles. The fourth-order valence-corrected chi connectivity index (χ4v) is 2.49. The number of ether oxygens (including phenoxy) is 1. The topological polar surface area (TPSA) is 21.3 Å². The van der Waals surface area contributed by atoms with Gasteiger partial charge in [-0.3, -0.25) is 0 Å². The van der Waals surface area contributed by atoms with Crippen LogP contribution < -0.4 is 5.32 Å². The molecule has 1 aromatic carbocycles. The van der Waals surface area contributed by atoms with Gasteiger partial charge in [0.1, 0.15) is 0 Å². The smallest absolute Gasteiger partial charge is 0.0587 e. The third kappa shape index (κ3) is 7.06. The number of rotatable bonds is 9. The Morgan fingerprint density at radius 3 is 2.45 bits per heavy atom. The van der Waals surface area contributed by atoms with Gasteiger partial charge in [0.15, 0.2) is 0 Å². The molecule has 0 saturated carbocycles. The Morgan fingerprint density at radius 2 is 1.85 bits per heavy atom. The van der Waals surface area contributed by atoms with Gasteiger partial charge in [-0.2, -0.15) is 0 Å². The van der Waals surface area contributed by atoms with Crippen LogP contribution in [-0.2, 0) is 11.2 Å². The van der Waals surface area contributed by atoms with E-state index in [4.69, 9.17) is 4.74 Å². The molecule has 0 aliphatic rings.